The number of nitrogens with two attached hydrogens (primary N) is 1. The van der Waals surface area contributed by atoms with Crippen LogP contribution in [0.5, 0.6) is 5.75 Å². The number of amides is 1. The van der Waals surface area contributed by atoms with Crippen LogP contribution in [0.15, 0.2) is 70.4 Å². The first-order valence-corrected chi connectivity index (χ1v) is 9.82. The molecule has 2 heterocycles. The highest BCUT2D eigenvalue weighted by Crippen LogP contribution is 2.33. The summed E-state index contributed by atoms with van der Waals surface area (Å²) in [5.41, 5.74) is 10.8. The molecular weight excluding hydrogens is 394 g/mol. The maximum Gasteiger partial charge on any atom is 0.290 e. The molecule has 7 heteroatoms. The third-order valence-electron chi connectivity index (χ3n) is 4.95. The van der Waals surface area contributed by atoms with E-state index >= 15 is 0 Å². The lowest BCUT2D eigenvalue weighted by atomic mass is 10.0. The molecule has 4 rings (SSSR count). The van der Waals surface area contributed by atoms with Gasteiger partial charge in [0.25, 0.3) is 5.91 Å². The Morgan fingerprint density at radius 1 is 1.16 bits per heavy atom. The van der Waals surface area contributed by atoms with Gasteiger partial charge in [-0.3, -0.25) is 9.78 Å². The number of hydrogen-bond donors (Lipinski definition) is 1. The zero-order chi connectivity index (χ0) is 21.8. The summed E-state index contributed by atoms with van der Waals surface area (Å²) in [7, 11) is 0. The summed E-state index contributed by atoms with van der Waals surface area (Å²) in [4.78, 5) is 26.2. The van der Waals surface area contributed by atoms with Crippen molar-refractivity contribution in [2.45, 2.75) is 26.5 Å². The summed E-state index contributed by atoms with van der Waals surface area (Å²) in [5.74, 6) is 0.619. The van der Waals surface area contributed by atoms with Crippen molar-refractivity contribution >= 4 is 16.9 Å². The van der Waals surface area contributed by atoms with Crippen LogP contribution < -0.4 is 10.5 Å². The number of carbonyl (C=O) groups excluding carboxylic acids is 1. The highest BCUT2D eigenvalue weighted by Gasteiger charge is 2.14. The van der Waals surface area contributed by atoms with Crippen molar-refractivity contribution in [2.24, 2.45) is 10.9 Å². The number of carbonyl (C=O) groups is 1. The Labute approximate surface area is 178 Å². The number of fused-ring (bicyclic) bond motifs is 1. The Morgan fingerprint density at radius 3 is 2.81 bits per heavy atom. The molecular formula is C24H21N3O4. The van der Waals surface area contributed by atoms with Crippen molar-refractivity contribution in [3.63, 3.8) is 0 Å². The maximum absolute atomic E-state index is 11.5. The van der Waals surface area contributed by atoms with Crippen LogP contribution in [0.3, 0.4) is 0 Å². The largest absolute Gasteiger partial charge is 0.489 e. The number of para-hydroxylation sites is 1. The van der Waals surface area contributed by atoms with E-state index in [1.807, 2.05) is 43.3 Å². The van der Waals surface area contributed by atoms with E-state index in [1.165, 1.54) is 0 Å². The monoisotopic (exact) mass is 415 g/mol. The van der Waals surface area contributed by atoms with E-state index < -0.39 is 5.91 Å². The van der Waals surface area contributed by atoms with Crippen molar-refractivity contribution in [1.29, 1.82) is 0 Å². The normalized spacial score (nSPS) is 10.9. The van der Waals surface area contributed by atoms with Gasteiger partial charge in [-0.05, 0) is 54.4 Å². The number of benzene rings is 2. The van der Waals surface area contributed by atoms with Gasteiger partial charge in [0.1, 0.15) is 23.7 Å². The van der Waals surface area contributed by atoms with Crippen molar-refractivity contribution in [3.8, 4) is 16.9 Å². The minimum absolute atomic E-state index is 0.0935. The molecule has 31 heavy (non-hydrogen) atoms. The molecule has 0 fully saturated rings. The van der Waals surface area contributed by atoms with Crippen molar-refractivity contribution in [3.05, 3.63) is 88.3 Å². The van der Waals surface area contributed by atoms with Gasteiger partial charge in [0.15, 0.2) is 0 Å². The second kappa shape index (κ2) is 8.89. The topological polar surface area (TPSA) is 108 Å². The summed E-state index contributed by atoms with van der Waals surface area (Å²) < 4.78 is 12.0. The number of nitroso groups, excluding NO2 is 1. The second-order valence-electron chi connectivity index (χ2n) is 7.22. The molecule has 7 nitrogen and oxygen atoms in total. The first kappa shape index (κ1) is 20.4. The van der Waals surface area contributed by atoms with Gasteiger partial charge >= 0.3 is 0 Å². The van der Waals surface area contributed by atoms with Crippen molar-refractivity contribution in [1.82, 2.24) is 4.98 Å². The van der Waals surface area contributed by atoms with Crippen LogP contribution >= 0.6 is 0 Å². The van der Waals surface area contributed by atoms with Gasteiger partial charge < -0.3 is 14.9 Å². The number of aromatic nitrogens is 1. The quantitative estimate of drug-likeness (QED) is 0.439. The van der Waals surface area contributed by atoms with Gasteiger partial charge in [0, 0.05) is 34.4 Å². The minimum Gasteiger partial charge on any atom is -0.489 e. The van der Waals surface area contributed by atoms with Crippen LogP contribution in [0.1, 0.15) is 22.6 Å². The minimum atomic E-state index is -0.734. The predicted molar refractivity (Wildman–Crippen MR) is 117 cm³/mol. The molecule has 0 spiro atoms. The Kier molecular flexibility index (Phi) is 5.86. The fourth-order valence-corrected chi connectivity index (χ4v) is 3.55. The molecule has 156 valence electrons. The molecule has 0 bridgehead atoms. The lowest BCUT2D eigenvalue weighted by Gasteiger charge is -2.12. The molecule has 0 saturated heterocycles. The lowest BCUT2D eigenvalue weighted by Crippen LogP contribution is -2.03. The Balaban J connectivity index is 1.68. The molecule has 2 N–H and O–H groups in total. The number of furan rings is 1. The summed E-state index contributed by atoms with van der Waals surface area (Å²) in [6, 6.07) is 17.0. The number of hydrogen-bond acceptors (Lipinski definition) is 6. The predicted octanol–water partition coefficient (Wildman–Crippen LogP) is 4.68. The fourth-order valence-electron chi connectivity index (χ4n) is 3.55. The van der Waals surface area contributed by atoms with Gasteiger partial charge in [-0.1, -0.05) is 18.2 Å². The molecule has 0 aliphatic rings. The number of ether oxygens (including phenoxy) is 1. The van der Waals surface area contributed by atoms with Gasteiger partial charge in [-0.15, -0.1) is 4.91 Å². The van der Waals surface area contributed by atoms with Crippen molar-refractivity contribution < 1.29 is 13.9 Å². The van der Waals surface area contributed by atoms with E-state index in [9.17, 15) is 9.70 Å². The molecule has 2 aromatic carbocycles. The van der Waals surface area contributed by atoms with Crippen molar-refractivity contribution in [2.75, 3.05) is 0 Å². The Morgan fingerprint density at radius 2 is 2.00 bits per heavy atom. The number of aryl methyl sites for hydroxylation is 1. The summed E-state index contributed by atoms with van der Waals surface area (Å²) in [5, 5.41) is 3.44. The van der Waals surface area contributed by atoms with E-state index in [-0.39, 0.29) is 13.0 Å². The van der Waals surface area contributed by atoms with E-state index in [0.29, 0.717) is 17.9 Å². The maximum atomic E-state index is 11.5. The zero-order valence-corrected chi connectivity index (χ0v) is 17.0. The summed E-state index contributed by atoms with van der Waals surface area (Å²) in [6.07, 6.45) is 1.64. The first-order valence-electron chi connectivity index (χ1n) is 9.82. The molecule has 0 aliphatic carbocycles. The number of nitrogens with zero attached hydrogens (tertiary/aromatic N) is 2. The van der Waals surface area contributed by atoms with Crippen LogP contribution in [-0.4, -0.2) is 10.9 Å². The van der Waals surface area contributed by atoms with E-state index in [0.717, 1.165) is 39.1 Å². The van der Waals surface area contributed by atoms with Gasteiger partial charge in [-0.2, -0.15) is 0 Å². The Bertz CT molecular complexity index is 1260. The summed E-state index contributed by atoms with van der Waals surface area (Å²) >= 11 is 0. The summed E-state index contributed by atoms with van der Waals surface area (Å²) in [6.45, 7) is 2.54. The third-order valence-corrected chi connectivity index (χ3v) is 4.95. The molecule has 0 saturated carbocycles. The highest BCUT2D eigenvalue weighted by molar-refractivity contribution is 5.93. The van der Waals surface area contributed by atoms with Gasteiger partial charge in [0.2, 0.25) is 0 Å². The molecule has 0 unspecified atom stereocenters. The first-order chi connectivity index (χ1) is 15.1. The standard InChI is InChI=1S/C24H21N3O4/c1-15-8-19-9-16(14-30-22-5-3-2-4-18(22)12-23(28)27-29)10-21(24(19)31-15)17-6-7-26-20(11-17)13-25/h2-11H,12-14,25H2,1H3. The number of rotatable bonds is 7. The smallest absolute Gasteiger partial charge is 0.290 e. The van der Waals surface area contributed by atoms with E-state index in [4.69, 9.17) is 14.9 Å². The van der Waals surface area contributed by atoms with Crippen LogP contribution in [0.2, 0.25) is 0 Å². The van der Waals surface area contributed by atoms with Gasteiger partial charge in [0.05, 0.1) is 12.1 Å². The molecule has 0 atom stereocenters. The molecule has 2 aromatic heterocycles. The highest BCUT2D eigenvalue weighted by atomic mass is 16.5. The average molecular weight is 415 g/mol. The fraction of sp³-hybridized carbons (Fsp3) is 0.167. The molecule has 4 aromatic rings. The van der Waals surface area contributed by atoms with E-state index in [2.05, 4.69) is 10.2 Å². The second-order valence-corrected chi connectivity index (χ2v) is 7.22. The number of pyridine rings is 1. The zero-order valence-electron chi connectivity index (χ0n) is 17.0. The Hall–Kier alpha value is -3.84. The molecule has 0 radical (unpaired) electrons. The van der Waals surface area contributed by atoms with Crippen LogP contribution in [0, 0.1) is 11.8 Å². The SMILES string of the molecule is Cc1cc2cc(COc3ccccc3CC(=O)N=O)cc(-c3ccnc(CN)c3)c2o1. The van der Waals surface area contributed by atoms with Crippen LogP contribution in [0.25, 0.3) is 22.1 Å². The van der Waals surface area contributed by atoms with E-state index in [1.54, 1.807) is 24.4 Å². The average Bonchev–Trinajstić information content (AvgIpc) is 3.17. The van der Waals surface area contributed by atoms with Crippen LogP contribution in [-0.2, 0) is 24.4 Å². The molecule has 0 aliphatic heterocycles. The van der Waals surface area contributed by atoms with Crippen LogP contribution in [0.4, 0.5) is 0 Å². The van der Waals surface area contributed by atoms with Gasteiger partial charge in [-0.25, -0.2) is 0 Å². The lowest BCUT2D eigenvalue weighted by molar-refractivity contribution is -0.117. The molecule has 1 amide bonds. The third kappa shape index (κ3) is 4.51.